The standard InChI is InChI=1S/C18H18N6O/c25-18(14-3-4-17(22-10-14)24-9-7-20-13-24)23-8-1-2-15(12-23)16-11-19-5-6-21-16/h3-7,9-11,13,15H,1-2,8,12H2. The molecule has 1 aliphatic rings. The molecular weight excluding hydrogens is 316 g/mol. The predicted octanol–water partition coefficient (Wildman–Crippen LogP) is 2.08. The number of aromatic nitrogens is 5. The van der Waals surface area contributed by atoms with Crippen LogP contribution in [0.15, 0.2) is 55.6 Å². The predicted molar refractivity (Wildman–Crippen MR) is 91.3 cm³/mol. The van der Waals surface area contributed by atoms with Crippen molar-refractivity contribution in [2.75, 3.05) is 13.1 Å². The van der Waals surface area contributed by atoms with E-state index in [1.807, 2.05) is 23.2 Å². The molecule has 4 heterocycles. The highest BCUT2D eigenvalue weighted by Crippen LogP contribution is 2.25. The van der Waals surface area contributed by atoms with Gasteiger partial charge in [0.05, 0.1) is 11.3 Å². The van der Waals surface area contributed by atoms with Crippen molar-refractivity contribution in [1.82, 2.24) is 29.4 Å². The first-order valence-electron chi connectivity index (χ1n) is 8.31. The van der Waals surface area contributed by atoms with E-state index in [1.54, 1.807) is 41.9 Å². The SMILES string of the molecule is O=C(c1ccc(-n2ccnc2)nc1)N1CCCC(c2cnccn2)C1. The molecule has 0 aliphatic carbocycles. The van der Waals surface area contributed by atoms with Crippen LogP contribution in [0.4, 0.5) is 0 Å². The number of likely N-dealkylation sites (tertiary alicyclic amines) is 1. The van der Waals surface area contributed by atoms with Gasteiger partial charge in [-0.2, -0.15) is 0 Å². The lowest BCUT2D eigenvalue weighted by atomic mass is 9.94. The zero-order chi connectivity index (χ0) is 17.1. The van der Waals surface area contributed by atoms with Crippen molar-refractivity contribution in [2.24, 2.45) is 0 Å². The van der Waals surface area contributed by atoms with E-state index >= 15 is 0 Å². The molecule has 3 aromatic rings. The topological polar surface area (TPSA) is 76.8 Å². The fraction of sp³-hybridized carbons (Fsp3) is 0.278. The van der Waals surface area contributed by atoms with Gasteiger partial charge >= 0.3 is 0 Å². The van der Waals surface area contributed by atoms with Crippen LogP contribution in [-0.2, 0) is 0 Å². The lowest BCUT2D eigenvalue weighted by Crippen LogP contribution is -2.39. The number of pyridine rings is 1. The van der Waals surface area contributed by atoms with E-state index in [4.69, 9.17) is 0 Å². The van der Waals surface area contributed by atoms with Crippen molar-refractivity contribution in [3.8, 4) is 5.82 Å². The van der Waals surface area contributed by atoms with Gasteiger partial charge in [-0.05, 0) is 25.0 Å². The maximum atomic E-state index is 12.8. The highest BCUT2D eigenvalue weighted by atomic mass is 16.2. The highest BCUT2D eigenvalue weighted by Gasteiger charge is 2.26. The Hall–Kier alpha value is -3.09. The summed E-state index contributed by atoms with van der Waals surface area (Å²) < 4.78 is 1.80. The molecule has 7 nitrogen and oxygen atoms in total. The number of hydrogen-bond donors (Lipinski definition) is 0. The van der Waals surface area contributed by atoms with Crippen molar-refractivity contribution in [3.63, 3.8) is 0 Å². The number of carbonyl (C=O) groups is 1. The molecule has 3 aromatic heterocycles. The summed E-state index contributed by atoms with van der Waals surface area (Å²) in [4.78, 5) is 31.6. The molecule has 25 heavy (non-hydrogen) atoms. The first-order valence-corrected chi connectivity index (χ1v) is 8.31. The van der Waals surface area contributed by atoms with Crippen LogP contribution in [0.3, 0.4) is 0 Å². The minimum Gasteiger partial charge on any atom is -0.338 e. The summed E-state index contributed by atoms with van der Waals surface area (Å²) in [5.41, 5.74) is 1.55. The third-order valence-electron chi connectivity index (χ3n) is 4.47. The van der Waals surface area contributed by atoms with Gasteiger partial charge in [-0.1, -0.05) is 0 Å². The monoisotopic (exact) mass is 334 g/mol. The third-order valence-corrected chi connectivity index (χ3v) is 4.47. The van der Waals surface area contributed by atoms with Crippen molar-refractivity contribution in [1.29, 1.82) is 0 Å². The van der Waals surface area contributed by atoms with E-state index in [0.29, 0.717) is 12.1 Å². The number of imidazole rings is 1. The molecule has 0 N–H and O–H groups in total. The fourth-order valence-corrected chi connectivity index (χ4v) is 3.17. The Morgan fingerprint density at radius 2 is 2.04 bits per heavy atom. The number of amides is 1. The summed E-state index contributed by atoms with van der Waals surface area (Å²) >= 11 is 0. The first-order chi connectivity index (χ1) is 12.3. The van der Waals surface area contributed by atoms with Crippen LogP contribution in [0.5, 0.6) is 0 Å². The molecule has 0 aromatic carbocycles. The summed E-state index contributed by atoms with van der Waals surface area (Å²) in [6.45, 7) is 1.43. The number of hydrogen-bond acceptors (Lipinski definition) is 5. The van der Waals surface area contributed by atoms with Gasteiger partial charge in [0, 0.05) is 56.2 Å². The van der Waals surface area contributed by atoms with Crippen LogP contribution in [-0.4, -0.2) is 48.4 Å². The molecule has 1 aliphatic heterocycles. The Kier molecular flexibility index (Phi) is 4.20. The van der Waals surface area contributed by atoms with Crippen LogP contribution in [0, 0.1) is 0 Å². The molecule has 0 bridgehead atoms. The zero-order valence-corrected chi connectivity index (χ0v) is 13.7. The van der Waals surface area contributed by atoms with E-state index in [1.165, 1.54) is 0 Å². The lowest BCUT2D eigenvalue weighted by Gasteiger charge is -2.32. The number of rotatable bonds is 3. The van der Waals surface area contributed by atoms with Crippen molar-refractivity contribution >= 4 is 5.91 Å². The molecule has 0 saturated carbocycles. The van der Waals surface area contributed by atoms with Crippen LogP contribution in [0.1, 0.15) is 34.8 Å². The van der Waals surface area contributed by atoms with Crippen LogP contribution in [0.25, 0.3) is 5.82 Å². The van der Waals surface area contributed by atoms with Crippen LogP contribution >= 0.6 is 0 Å². The number of nitrogens with zero attached hydrogens (tertiary/aromatic N) is 6. The largest absolute Gasteiger partial charge is 0.338 e. The smallest absolute Gasteiger partial charge is 0.255 e. The van der Waals surface area contributed by atoms with E-state index in [0.717, 1.165) is 30.9 Å². The number of piperidine rings is 1. The first kappa shape index (κ1) is 15.4. The molecular formula is C18H18N6O. The number of carbonyl (C=O) groups excluding carboxylic acids is 1. The normalized spacial score (nSPS) is 17.4. The van der Waals surface area contributed by atoms with Gasteiger partial charge in [-0.25, -0.2) is 9.97 Å². The Bertz CT molecular complexity index is 832. The van der Waals surface area contributed by atoms with Crippen molar-refractivity contribution in [2.45, 2.75) is 18.8 Å². The molecule has 7 heteroatoms. The van der Waals surface area contributed by atoms with Crippen LogP contribution in [0.2, 0.25) is 0 Å². The molecule has 1 saturated heterocycles. The van der Waals surface area contributed by atoms with Gasteiger partial charge in [-0.15, -0.1) is 0 Å². The molecule has 126 valence electrons. The third kappa shape index (κ3) is 3.26. The minimum atomic E-state index is 0.0123. The van der Waals surface area contributed by atoms with E-state index < -0.39 is 0 Å². The second-order valence-corrected chi connectivity index (χ2v) is 6.10. The Balaban J connectivity index is 1.48. The molecule has 1 unspecified atom stereocenters. The lowest BCUT2D eigenvalue weighted by molar-refractivity contribution is 0.0705. The fourth-order valence-electron chi connectivity index (χ4n) is 3.17. The van der Waals surface area contributed by atoms with E-state index in [9.17, 15) is 4.79 Å². The maximum Gasteiger partial charge on any atom is 0.255 e. The summed E-state index contributed by atoms with van der Waals surface area (Å²) in [6, 6.07) is 3.65. The van der Waals surface area contributed by atoms with Gasteiger partial charge in [0.1, 0.15) is 12.1 Å². The molecule has 1 amide bonds. The second kappa shape index (κ2) is 6.80. The van der Waals surface area contributed by atoms with Crippen molar-refractivity contribution < 1.29 is 4.79 Å². The zero-order valence-electron chi connectivity index (χ0n) is 13.7. The van der Waals surface area contributed by atoms with Gasteiger partial charge in [-0.3, -0.25) is 19.3 Å². The second-order valence-electron chi connectivity index (χ2n) is 6.10. The van der Waals surface area contributed by atoms with Gasteiger partial charge in [0.25, 0.3) is 5.91 Å². The molecule has 0 radical (unpaired) electrons. The summed E-state index contributed by atoms with van der Waals surface area (Å²) in [7, 11) is 0. The van der Waals surface area contributed by atoms with Gasteiger partial charge in [0.15, 0.2) is 0 Å². The molecule has 1 fully saturated rings. The summed E-state index contributed by atoms with van der Waals surface area (Å²) in [5.74, 6) is 0.994. The average Bonchev–Trinajstić information content (AvgIpc) is 3.23. The quantitative estimate of drug-likeness (QED) is 0.733. The minimum absolute atomic E-state index is 0.0123. The Labute approximate surface area is 145 Å². The van der Waals surface area contributed by atoms with Crippen LogP contribution < -0.4 is 0 Å². The van der Waals surface area contributed by atoms with Crippen molar-refractivity contribution in [3.05, 3.63) is 66.9 Å². The van der Waals surface area contributed by atoms with Gasteiger partial charge in [0.2, 0.25) is 0 Å². The summed E-state index contributed by atoms with van der Waals surface area (Å²) in [6.07, 6.45) is 14.0. The highest BCUT2D eigenvalue weighted by molar-refractivity contribution is 5.94. The molecule has 0 spiro atoms. The maximum absolute atomic E-state index is 12.8. The van der Waals surface area contributed by atoms with Gasteiger partial charge < -0.3 is 4.90 Å². The molecule has 4 rings (SSSR count). The average molecular weight is 334 g/mol. The Morgan fingerprint density at radius 1 is 1.08 bits per heavy atom. The molecule has 1 atom stereocenters. The summed E-state index contributed by atoms with van der Waals surface area (Å²) in [5, 5.41) is 0. The van der Waals surface area contributed by atoms with E-state index in [2.05, 4.69) is 19.9 Å². The van der Waals surface area contributed by atoms with E-state index in [-0.39, 0.29) is 11.8 Å². The Morgan fingerprint density at radius 3 is 2.76 bits per heavy atom.